The number of alkyl halides is 3. The van der Waals surface area contributed by atoms with E-state index in [9.17, 15) is 13.2 Å². The second-order valence-electron chi connectivity index (χ2n) is 4.66. The van der Waals surface area contributed by atoms with Gasteiger partial charge in [-0.2, -0.15) is 28.2 Å². The number of nitrogens with zero attached hydrogens (tertiary/aromatic N) is 3. The molecule has 0 aliphatic rings. The molecule has 0 bridgehead atoms. The maximum absolute atomic E-state index is 12.4. The average Bonchev–Trinajstić information content (AvgIpc) is 2.93. The van der Waals surface area contributed by atoms with Gasteiger partial charge in [0.25, 0.3) is 0 Å². The van der Waals surface area contributed by atoms with Gasteiger partial charge in [-0.1, -0.05) is 25.1 Å². The van der Waals surface area contributed by atoms with E-state index in [1.165, 1.54) is 11.0 Å². The average molecular weight is 298 g/mol. The lowest BCUT2D eigenvalue weighted by Crippen LogP contribution is -2.23. The van der Waals surface area contributed by atoms with Gasteiger partial charge in [-0.25, -0.2) is 0 Å². The second kappa shape index (κ2) is 6.71. The van der Waals surface area contributed by atoms with Gasteiger partial charge in [0.15, 0.2) is 0 Å². The van der Waals surface area contributed by atoms with Crippen LogP contribution in [0.15, 0.2) is 36.5 Å². The first-order valence-corrected chi connectivity index (χ1v) is 6.77. The molecule has 4 nitrogen and oxygen atoms in total. The van der Waals surface area contributed by atoms with E-state index in [2.05, 4.69) is 15.5 Å². The Morgan fingerprint density at radius 1 is 1.24 bits per heavy atom. The summed E-state index contributed by atoms with van der Waals surface area (Å²) in [6.07, 6.45) is -3.55. The molecule has 21 heavy (non-hydrogen) atoms. The molecule has 0 saturated carbocycles. The molecule has 0 radical (unpaired) electrons. The monoisotopic (exact) mass is 298 g/mol. The van der Waals surface area contributed by atoms with Crippen molar-refractivity contribution >= 4 is 0 Å². The first kappa shape index (κ1) is 15.5. The molecule has 1 N–H and O–H groups in total. The van der Waals surface area contributed by atoms with Crippen molar-refractivity contribution in [3.63, 3.8) is 0 Å². The van der Waals surface area contributed by atoms with E-state index in [4.69, 9.17) is 0 Å². The van der Waals surface area contributed by atoms with Gasteiger partial charge in [0.2, 0.25) is 0 Å². The van der Waals surface area contributed by atoms with Crippen LogP contribution in [0.3, 0.4) is 0 Å². The van der Waals surface area contributed by atoms with Gasteiger partial charge in [0.05, 0.1) is 17.9 Å². The molecular weight excluding hydrogens is 281 g/mol. The molecule has 0 fully saturated rings. The van der Waals surface area contributed by atoms with Crippen LogP contribution in [-0.4, -0.2) is 27.7 Å². The van der Waals surface area contributed by atoms with Crippen molar-refractivity contribution in [1.82, 2.24) is 20.3 Å². The highest BCUT2D eigenvalue weighted by Gasteiger charge is 2.29. The van der Waals surface area contributed by atoms with Crippen LogP contribution >= 0.6 is 0 Å². The highest BCUT2D eigenvalue weighted by atomic mass is 19.4. The van der Waals surface area contributed by atoms with Crippen molar-refractivity contribution in [2.45, 2.75) is 32.0 Å². The number of benzene rings is 1. The summed E-state index contributed by atoms with van der Waals surface area (Å²) < 4.78 is 37.1. The van der Waals surface area contributed by atoms with Gasteiger partial charge in [0, 0.05) is 6.42 Å². The van der Waals surface area contributed by atoms with Crippen LogP contribution in [0, 0.1) is 0 Å². The van der Waals surface area contributed by atoms with E-state index in [0.717, 1.165) is 5.69 Å². The number of hydrogen-bond acceptors (Lipinski definition) is 3. The lowest BCUT2D eigenvalue weighted by molar-refractivity contribution is -0.136. The van der Waals surface area contributed by atoms with E-state index >= 15 is 0 Å². The summed E-state index contributed by atoms with van der Waals surface area (Å²) in [5.74, 6) is 0. The number of rotatable bonds is 6. The van der Waals surface area contributed by atoms with Crippen LogP contribution in [-0.2, 0) is 0 Å². The minimum absolute atomic E-state index is 0.0508. The van der Waals surface area contributed by atoms with E-state index in [1.54, 1.807) is 0 Å². The number of hydrogen-bond donors (Lipinski definition) is 1. The summed E-state index contributed by atoms with van der Waals surface area (Å²) >= 11 is 0. The second-order valence-corrected chi connectivity index (χ2v) is 4.66. The summed E-state index contributed by atoms with van der Waals surface area (Å²) in [5.41, 5.74) is 1.29. The standard InChI is InChI=1S/C14H17F3N4/c1-2-18-12(8-9-14(15,16)17)13-10-19-21(20-13)11-6-4-3-5-7-11/h3-7,10,12,18H,2,8-9H2,1H3. The van der Waals surface area contributed by atoms with Gasteiger partial charge in [-0.3, -0.25) is 0 Å². The lowest BCUT2D eigenvalue weighted by Gasteiger charge is -2.16. The van der Waals surface area contributed by atoms with E-state index in [0.29, 0.717) is 12.2 Å². The van der Waals surface area contributed by atoms with E-state index < -0.39 is 18.6 Å². The molecule has 0 aliphatic heterocycles. The Balaban J connectivity index is 2.12. The molecule has 1 heterocycles. The minimum atomic E-state index is -4.16. The molecule has 0 amide bonds. The van der Waals surface area contributed by atoms with Crippen molar-refractivity contribution in [2.75, 3.05) is 6.54 Å². The quantitative estimate of drug-likeness (QED) is 0.890. The first-order chi connectivity index (χ1) is 9.99. The molecule has 2 rings (SSSR count). The maximum Gasteiger partial charge on any atom is 0.389 e. The Morgan fingerprint density at radius 2 is 1.95 bits per heavy atom. The topological polar surface area (TPSA) is 42.7 Å². The number of nitrogens with one attached hydrogen (secondary N) is 1. The predicted molar refractivity (Wildman–Crippen MR) is 73.1 cm³/mol. The fourth-order valence-electron chi connectivity index (χ4n) is 2.03. The number of para-hydroxylation sites is 1. The molecule has 1 unspecified atom stereocenters. The molecule has 1 atom stereocenters. The Morgan fingerprint density at radius 3 is 2.57 bits per heavy atom. The van der Waals surface area contributed by atoms with Crippen molar-refractivity contribution in [1.29, 1.82) is 0 Å². The molecule has 2 aromatic rings. The fraction of sp³-hybridized carbons (Fsp3) is 0.429. The third kappa shape index (κ3) is 4.56. The number of aromatic nitrogens is 3. The zero-order chi connectivity index (χ0) is 15.3. The summed E-state index contributed by atoms with van der Waals surface area (Å²) in [4.78, 5) is 1.42. The van der Waals surface area contributed by atoms with E-state index in [1.807, 2.05) is 37.3 Å². The van der Waals surface area contributed by atoms with Crippen LogP contribution in [0.2, 0.25) is 0 Å². The molecular formula is C14H17F3N4. The lowest BCUT2D eigenvalue weighted by atomic mass is 10.1. The largest absolute Gasteiger partial charge is 0.389 e. The zero-order valence-electron chi connectivity index (χ0n) is 11.6. The number of halogens is 3. The third-order valence-corrected chi connectivity index (χ3v) is 3.02. The Labute approximate surface area is 121 Å². The van der Waals surface area contributed by atoms with E-state index in [-0.39, 0.29) is 6.42 Å². The third-order valence-electron chi connectivity index (χ3n) is 3.02. The summed E-state index contributed by atoms with van der Waals surface area (Å²) in [6.45, 7) is 2.42. The van der Waals surface area contributed by atoms with Crippen LogP contribution in [0.1, 0.15) is 31.5 Å². The Hall–Kier alpha value is -1.89. The molecule has 7 heteroatoms. The summed E-state index contributed by atoms with van der Waals surface area (Å²) in [5, 5.41) is 11.4. The Kier molecular flexibility index (Phi) is 4.95. The smallest absolute Gasteiger partial charge is 0.309 e. The molecule has 0 saturated heterocycles. The van der Waals surface area contributed by atoms with Gasteiger partial charge in [-0.05, 0) is 25.1 Å². The van der Waals surface area contributed by atoms with Crippen molar-refractivity contribution in [3.05, 3.63) is 42.2 Å². The molecule has 0 spiro atoms. The Bertz CT molecular complexity index is 551. The predicted octanol–water partition coefficient (Wildman–Crippen LogP) is 3.26. The van der Waals surface area contributed by atoms with Gasteiger partial charge >= 0.3 is 6.18 Å². The van der Waals surface area contributed by atoms with Crippen LogP contribution in [0.4, 0.5) is 13.2 Å². The van der Waals surface area contributed by atoms with Crippen molar-refractivity contribution < 1.29 is 13.2 Å². The molecule has 114 valence electrons. The normalized spacial score (nSPS) is 13.3. The fourth-order valence-corrected chi connectivity index (χ4v) is 2.03. The van der Waals surface area contributed by atoms with Crippen LogP contribution in [0.25, 0.3) is 5.69 Å². The highest BCUT2D eigenvalue weighted by Crippen LogP contribution is 2.26. The van der Waals surface area contributed by atoms with Crippen LogP contribution < -0.4 is 5.32 Å². The van der Waals surface area contributed by atoms with Gasteiger partial charge in [0.1, 0.15) is 5.69 Å². The van der Waals surface area contributed by atoms with Crippen molar-refractivity contribution in [3.8, 4) is 5.69 Å². The molecule has 1 aromatic carbocycles. The zero-order valence-corrected chi connectivity index (χ0v) is 11.6. The summed E-state index contributed by atoms with van der Waals surface area (Å²) in [6, 6.07) is 8.80. The van der Waals surface area contributed by atoms with Crippen LogP contribution in [0.5, 0.6) is 0 Å². The minimum Gasteiger partial charge on any atom is -0.309 e. The first-order valence-electron chi connectivity index (χ1n) is 6.77. The SMILES string of the molecule is CCNC(CCC(F)(F)F)c1cnn(-c2ccccc2)n1. The molecule has 1 aromatic heterocycles. The van der Waals surface area contributed by atoms with Gasteiger partial charge in [-0.15, -0.1) is 0 Å². The van der Waals surface area contributed by atoms with Crippen molar-refractivity contribution in [2.24, 2.45) is 0 Å². The van der Waals surface area contributed by atoms with Gasteiger partial charge < -0.3 is 5.32 Å². The molecule has 0 aliphatic carbocycles. The summed E-state index contributed by atoms with van der Waals surface area (Å²) in [7, 11) is 0. The highest BCUT2D eigenvalue weighted by molar-refractivity contribution is 5.28. The maximum atomic E-state index is 12.4.